The van der Waals surface area contributed by atoms with Crippen molar-refractivity contribution >= 4 is 79.1 Å². The number of morpholine rings is 1. The molecule has 0 radical (unpaired) electrons. The van der Waals surface area contributed by atoms with Crippen molar-refractivity contribution in [2.75, 3.05) is 50.9 Å². The van der Waals surface area contributed by atoms with Crippen LogP contribution < -0.4 is 25.4 Å². The highest BCUT2D eigenvalue weighted by Gasteiger charge is 2.40. The fourth-order valence-corrected chi connectivity index (χ4v) is 12.0. The summed E-state index contributed by atoms with van der Waals surface area (Å²) in [5.74, 6) is -2.27. The first kappa shape index (κ1) is 65.4. The average molecular weight is 1110 g/mol. The smallest absolute Gasteiger partial charge is 0.328 e. The zero-order valence-electron chi connectivity index (χ0n) is 40.8. The number of halogens is 1. The quantitative estimate of drug-likeness (QED) is 0.0517. The molecule has 0 aromatic carbocycles. The molecule has 1 aliphatic carbocycles. The lowest BCUT2D eigenvalue weighted by molar-refractivity contribution is -0.137. The van der Waals surface area contributed by atoms with E-state index in [1.165, 1.54) is 6.07 Å². The van der Waals surface area contributed by atoms with Gasteiger partial charge in [0, 0.05) is 67.7 Å². The Kier molecular flexibility index (Phi) is 29.3. The molecule has 2 aromatic rings. The molecule has 4 heterocycles. The molecule has 11 N–H and O–H groups in total. The minimum absolute atomic E-state index is 0. The number of fused-ring (bicyclic) bond motifs is 1. The van der Waals surface area contributed by atoms with E-state index in [4.69, 9.17) is 29.9 Å². The number of aliphatic hydroxyl groups excluding tert-OH is 4. The number of carbonyl (C=O) groups is 3. The van der Waals surface area contributed by atoms with E-state index in [9.17, 15) is 51.6 Å². The lowest BCUT2D eigenvalue weighted by atomic mass is 9.89. The number of β-amino-alcohol motifs (C(OH)–C–C–N with tert-alkyl or cyclic N) is 1. The molecule has 1 saturated heterocycles. The molecule has 2 fully saturated rings. The van der Waals surface area contributed by atoms with Crippen LogP contribution in [0.1, 0.15) is 98.1 Å². The number of thiophene rings is 1. The molecule has 22 nitrogen and oxygen atoms in total. The first-order chi connectivity index (χ1) is 32.7. The molecule has 0 spiro atoms. The van der Waals surface area contributed by atoms with Gasteiger partial charge in [0.2, 0.25) is 15.8 Å². The second-order valence-corrected chi connectivity index (χ2v) is 23.5. The lowest BCUT2D eigenvalue weighted by Crippen LogP contribution is -2.42. The lowest BCUT2D eigenvalue weighted by Gasteiger charge is -2.27. The number of nitrogens with zero attached hydrogens (tertiary/aromatic N) is 3. The number of hydrogen-bond donors (Lipinski definition) is 10. The Bertz CT molecular complexity index is 2230. The van der Waals surface area contributed by atoms with Crippen LogP contribution in [0.2, 0.25) is 0 Å². The zero-order valence-corrected chi connectivity index (χ0v) is 44.9. The molecule has 71 heavy (non-hydrogen) atoms. The largest absolute Gasteiger partial charge is 0.481 e. The van der Waals surface area contributed by atoms with Gasteiger partial charge in [-0.15, -0.1) is 28.1 Å². The topological polar surface area (TPSA) is 359 Å². The van der Waals surface area contributed by atoms with Gasteiger partial charge in [-0.05, 0) is 78.3 Å². The SMILES string of the molecule is CC(C)(C)NC[C@H](O)COc1nsnc1N1CCOCC1.CCNC1CC(C)S(=O)(=O)c2sc(S(N)(=O)=O)cc21.CC[C@H](O)/C=C/C1[C@H](O)C[C@H](O)[C@@H]1C/C=C\CCCC(=O)O.Cl.O=C(O)/C=C\C(=O)O. The number of aliphatic hydroxyl groups is 4. The van der Waals surface area contributed by atoms with Crippen LogP contribution in [-0.2, 0) is 39.0 Å². The minimum Gasteiger partial charge on any atom is -0.481 e. The summed E-state index contributed by atoms with van der Waals surface area (Å²) in [6.07, 6.45) is 9.80. The number of hydrogen-bond acceptors (Lipinski definition) is 20. The van der Waals surface area contributed by atoms with Gasteiger partial charge in [-0.25, -0.2) is 31.6 Å². The summed E-state index contributed by atoms with van der Waals surface area (Å²) in [6.45, 7) is 15.9. The molecule has 2 aromatic heterocycles. The van der Waals surface area contributed by atoms with Crippen molar-refractivity contribution in [3.05, 3.63) is 48.1 Å². The number of nitrogens with one attached hydrogen (secondary N) is 2. The summed E-state index contributed by atoms with van der Waals surface area (Å²) in [5.41, 5.74) is 0.497. The fourth-order valence-electron chi connectivity index (χ4n) is 7.06. The second-order valence-electron chi connectivity index (χ2n) is 17.6. The van der Waals surface area contributed by atoms with Crippen LogP contribution in [0.25, 0.3) is 0 Å². The van der Waals surface area contributed by atoms with Crippen molar-refractivity contribution in [2.24, 2.45) is 17.0 Å². The number of allylic oxidation sites excluding steroid dienone is 2. The number of anilines is 1. The Morgan fingerprint density at radius 1 is 1.03 bits per heavy atom. The van der Waals surface area contributed by atoms with Gasteiger partial charge >= 0.3 is 17.9 Å². The van der Waals surface area contributed by atoms with E-state index in [0.29, 0.717) is 88.4 Å². The number of nitrogens with two attached hydrogens (primary N) is 1. The summed E-state index contributed by atoms with van der Waals surface area (Å²) in [6, 6.07) is 1.23. The molecule has 8 atom stereocenters. The highest BCUT2D eigenvalue weighted by Crippen LogP contribution is 2.42. The fraction of sp³-hybridized carbons (Fsp3) is 0.659. The van der Waals surface area contributed by atoms with Crippen LogP contribution in [0, 0.1) is 11.8 Å². The predicted octanol–water partition coefficient (Wildman–Crippen LogP) is 3.12. The predicted molar refractivity (Wildman–Crippen MR) is 272 cm³/mol. The molecule has 0 amide bonds. The maximum Gasteiger partial charge on any atom is 0.328 e. The van der Waals surface area contributed by atoms with Crippen LogP contribution in [0.15, 0.2) is 50.9 Å². The number of aliphatic carboxylic acids is 3. The highest BCUT2D eigenvalue weighted by atomic mass is 35.5. The van der Waals surface area contributed by atoms with E-state index in [0.717, 1.165) is 42.0 Å². The molecule has 0 bridgehead atoms. The first-order valence-electron chi connectivity index (χ1n) is 22.8. The number of carboxylic acid groups (broad SMARTS) is 3. The first-order valence-corrected chi connectivity index (χ1v) is 27.4. The van der Waals surface area contributed by atoms with E-state index in [-0.39, 0.29) is 57.3 Å². The van der Waals surface area contributed by atoms with Gasteiger partial charge in [-0.2, -0.15) is 4.37 Å². The Morgan fingerprint density at radius 2 is 1.66 bits per heavy atom. The summed E-state index contributed by atoms with van der Waals surface area (Å²) in [5, 5.41) is 74.8. The highest BCUT2D eigenvalue weighted by molar-refractivity contribution is 7.95. The molecule has 5 rings (SSSR count). The number of aromatic nitrogens is 2. The van der Waals surface area contributed by atoms with Gasteiger partial charge in [0.05, 0.1) is 48.5 Å². The molecule has 1 saturated carbocycles. The zero-order chi connectivity index (χ0) is 52.8. The van der Waals surface area contributed by atoms with Crippen LogP contribution in [0.4, 0.5) is 5.82 Å². The Labute approximate surface area is 430 Å². The Hall–Kier alpha value is -3.64. The minimum atomic E-state index is -3.88. The number of carboxylic acids is 3. The second kappa shape index (κ2) is 31.8. The molecule has 406 valence electrons. The van der Waals surface area contributed by atoms with Gasteiger partial charge in [-0.3, -0.25) is 4.79 Å². The van der Waals surface area contributed by atoms with E-state index < -0.39 is 67.4 Å². The maximum atomic E-state index is 12.2. The van der Waals surface area contributed by atoms with E-state index in [1.54, 1.807) is 13.0 Å². The van der Waals surface area contributed by atoms with Crippen molar-refractivity contribution in [2.45, 2.75) is 136 Å². The normalized spacial score (nSPS) is 22.7. The molecule has 3 unspecified atom stereocenters. The average Bonchev–Trinajstić information content (AvgIpc) is 4.02. The third-order valence-corrected chi connectivity index (χ3v) is 16.6. The van der Waals surface area contributed by atoms with E-state index in [1.807, 2.05) is 32.1 Å². The van der Waals surface area contributed by atoms with Crippen molar-refractivity contribution in [3.8, 4) is 5.88 Å². The number of ether oxygens (including phenoxy) is 2. The summed E-state index contributed by atoms with van der Waals surface area (Å²) in [7, 11) is -7.33. The Morgan fingerprint density at radius 3 is 2.21 bits per heavy atom. The number of sulfone groups is 1. The van der Waals surface area contributed by atoms with Crippen molar-refractivity contribution in [1.29, 1.82) is 0 Å². The van der Waals surface area contributed by atoms with Crippen molar-refractivity contribution < 1.29 is 76.4 Å². The van der Waals surface area contributed by atoms with Crippen LogP contribution in [-0.4, -0.2) is 160 Å². The van der Waals surface area contributed by atoms with Gasteiger partial charge in [0.25, 0.3) is 5.88 Å². The van der Waals surface area contributed by atoms with Crippen LogP contribution >= 0.6 is 35.5 Å². The maximum absolute atomic E-state index is 12.2. The number of unbranched alkanes of at least 4 members (excludes halogenated alkanes) is 1. The van der Waals surface area contributed by atoms with Crippen LogP contribution in [0.5, 0.6) is 5.88 Å². The van der Waals surface area contributed by atoms with Gasteiger partial charge < -0.3 is 60.8 Å². The Balaban J connectivity index is 0.000000492. The summed E-state index contributed by atoms with van der Waals surface area (Å²) in [4.78, 5) is 31.6. The van der Waals surface area contributed by atoms with Gasteiger partial charge in [-0.1, -0.05) is 38.2 Å². The van der Waals surface area contributed by atoms with Crippen molar-refractivity contribution in [1.82, 2.24) is 19.4 Å². The summed E-state index contributed by atoms with van der Waals surface area (Å²) >= 11 is 1.87. The monoisotopic (exact) mass is 1100 g/mol. The van der Waals surface area contributed by atoms with Gasteiger partial charge in [0.15, 0.2) is 9.84 Å². The molecule has 2 aliphatic heterocycles. The van der Waals surface area contributed by atoms with Crippen molar-refractivity contribution in [3.63, 3.8) is 0 Å². The number of sulfonamides is 1. The third-order valence-electron chi connectivity index (χ3n) is 10.8. The molecular weight excluding hydrogens is 1030 g/mol. The molecular formula is C44H73ClN6O16S4. The van der Waals surface area contributed by atoms with Gasteiger partial charge in [0.1, 0.15) is 21.1 Å². The standard InChI is InChI=1S/C17H28O5.C13H24N4O3S.C10H16N2O4S3.C4H4O4.ClH/c1-2-12(18)9-10-14-13(15(19)11-16(14)20)7-5-3-4-6-8-17(21)22;1-13(2,3)14-8-10(18)9-20-12-11(15-21-16-12)17-4-6-19-7-5-17;1-3-12-8-4-6(2)18(13,14)10-7(8)5-9(17-10)19(11,15)16;5-3(6)1-2-4(7)8;/h3,5,9-10,12-16,18-20H,2,4,6-8,11H2,1H3,(H,21,22);10,14,18H,4-9H2,1-3H3;5-6,8,12H,3-4H2,1-2H3,(H2,11,15,16);1-2H,(H,5,6)(H,7,8);1H/b5-3-,10-9+;;;2-1-;/t12-,13+,14?,15-,16+;10-;;;/m00.../s1. The van der Waals surface area contributed by atoms with E-state index >= 15 is 0 Å². The molecule has 3 aliphatic rings. The summed E-state index contributed by atoms with van der Waals surface area (Å²) < 4.78 is 66.7. The number of rotatable bonds is 20. The third kappa shape index (κ3) is 23.8. The van der Waals surface area contributed by atoms with Crippen LogP contribution in [0.3, 0.4) is 0 Å². The van der Waals surface area contributed by atoms with E-state index in [2.05, 4.69) is 45.1 Å². The number of primary sulfonamides is 1. The molecule has 27 heteroatoms.